The Hall–Kier alpha value is -0.936. The number of nitrogens with zero attached hydrogens (tertiary/aromatic N) is 2. The Morgan fingerprint density at radius 3 is 2.54 bits per heavy atom. The molecule has 7 heteroatoms. The van der Waals surface area contributed by atoms with Crippen LogP contribution in [0.4, 0.5) is 5.69 Å². The summed E-state index contributed by atoms with van der Waals surface area (Å²) in [5.74, 6) is -0.0815. The minimum atomic E-state index is -0.0948. The molecule has 1 atom stereocenters. The third-order valence-electron chi connectivity index (χ3n) is 5.15. The molecule has 0 spiro atoms. The van der Waals surface area contributed by atoms with Crippen LogP contribution in [0.2, 0.25) is 10.0 Å². The molecule has 1 aliphatic heterocycles. The van der Waals surface area contributed by atoms with E-state index in [0.29, 0.717) is 22.2 Å². The molecule has 0 aromatic heterocycles. The summed E-state index contributed by atoms with van der Waals surface area (Å²) >= 11 is 12.5. The maximum atomic E-state index is 12.8. The SMILES string of the molecule is O=C(NC1CCCC1)C1=NN(c2ccc(Cl)cc2Cl)C(c2cc[c-]cc2)C1.[Y]. The summed E-state index contributed by atoms with van der Waals surface area (Å²) in [6, 6.07) is 16.2. The average Bonchev–Trinajstić information content (AvgIpc) is 3.32. The van der Waals surface area contributed by atoms with Gasteiger partial charge in [0.05, 0.1) is 16.8 Å². The number of carbonyl (C=O) groups is 1. The van der Waals surface area contributed by atoms with E-state index in [1.165, 1.54) is 12.8 Å². The monoisotopic (exact) mass is 489 g/mol. The molecule has 1 amide bonds. The van der Waals surface area contributed by atoms with Gasteiger partial charge in [0, 0.05) is 50.2 Å². The predicted octanol–water partition coefficient (Wildman–Crippen LogP) is 5.16. The molecular weight excluding hydrogens is 470 g/mol. The van der Waals surface area contributed by atoms with Crippen LogP contribution in [0, 0.1) is 6.07 Å². The second kappa shape index (κ2) is 9.71. The van der Waals surface area contributed by atoms with Crippen LogP contribution in [0.3, 0.4) is 0 Å². The number of benzene rings is 2. The minimum absolute atomic E-state index is 0. The summed E-state index contributed by atoms with van der Waals surface area (Å²) in [7, 11) is 0. The molecule has 2 aromatic rings. The Labute approximate surface area is 200 Å². The van der Waals surface area contributed by atoms with Crippen LogP contribution >= 0.6 is 23.2 Å². The summed E-state index contributed by atoms with van der Waals surface area (Å²) in [6.07, 6.45) is 4.97. The van der Waals surface area contributed by atoms with Gasteiger partial charge in [0.1, 0.15) is 5.71 Å². The second-order valence-corrected chi connectivity index (χ2v) is 7.84. The molecule has 143 valence electrons. The molecule has 4 rings (SSSR count). The van der Waals surface area contributed by atoms with Crippen LogP contribution in [-0.4, -0.2) is 17.7 Å². The molecular formula is C21H20Cl2N3OY-. The van der Waals surface area contributed by atoms with Crippen LogP contribution in [-0.2, 0) is 37.5 Å². The summed E-state index contributed by atoms with van der Waals surface area (Å²) in [5, 5.41) is 10.7. The number of hydrogen-bond acceptors (Lipinski definition) is 3. The first-order valence-electron chi connectivity index (χ1n) is 9.20. The van der Waals surface area contributed by atoms with E-state index in [-0.39, 0.29) is 50.7 Å². The fourth-order valence-electron chi connectivity index (χ4n) is 3.76. The van der Waals surface area contributed by atoms with Gasteiger partial charge in [-0.3, -0.25) is 9.80 Å². The van der Waals surface area contributed by atoms with Crippen molar-refractivity contribution in [3.63, 3.8) is 0 Å². The Morgan fingerprint density at radius 2 is 1.86 bits per heavy atom. The van der Waals surface area contributed by atoms with Crippen molar-refractivity contribution in [2.45, 2.75) is 44.2 Å². The number of nitrogens with one attached hydrogen (secondary N) is 1. The number of rotatable bonds is 4. The van der Waals surface area contributed by atoms with Gasteiger partial charge < -0.3 is 5.32 Å². The zero-order valence-electron chi connectivity index (χ0n) is 15.4. The van der Waals surface area contributed by atoms with Gasteiger partial charge in [0.15, 0.2) is 0 Å². The molecule has 4 nitrogen and oxygen atoms in total. The zero-order valence-corrected chi connectivity index (χ0v) is 19.7. The van der Waals surface area contributed by atoms with E-state index >= 15 is 0 Å². The Balaban J connectivity index is 0.00000225. The Kier molecular flexibility index (Phi) is 7.55. The summed E-state index contributed by atoms with van der Waals surface area (Å²) in [5.41, 5.74) is 2.33. The fraction of sp³-hybridized carbons (Fsp3) is 0.333. The van der Waals surface area contributed by atoms with Crippen molar-refractivity contribution in [2.75, 3.05) is 5.01 Å². The van der Waals surface area contributed by atoms with Gasteiger partial charge in [0.25, 0.3) is 5.91 Å². The first kappa shape index (κ1) is 21.8. The predicted molar refractivity (Wildman–Crippen MR) is 109 cm³/mol. The van der Waals surface area contributed by atoms with Gasteiger partial charge in [0.2, 0.25) is 0 Å². The van der Waals surface area contributed by atoms with E-state index in [4.69, 9.17) is 23.2 Å². The molecule has 28 heavy (non-hydrogen) atoms. The second-order valence-electron chi connectivity index (χ2n) is 7.00. The van der Waals surface area contributed by atoms with Gasteiger partial charge >= 0.3 is 0 Å². The average molecular weight is 490 g/mol. The third-order valence-corrected chi connectivity index (χ3v) is 5.69. The quantitative estimate of drug-likeness (QED) is 0.603. The van der Waals surface area contributed by atoms with Gasteiger partial charge in [-0.15, -0.1) is 5.56 Å². The number of hydrazone groups is 1. The fourth-order valence-corrected chi connectivity index (χ4v) is 4.25. The first-order valence-corrected chi connectivity index (χ1v) is 9.96. The van der Waals surface area contributed by atoms with Crippen molar-refractivity contribution in [3.05, 3.63) is 64.1 Å². The van der Waals surface area contributed by atoms with Crippen molar-refractivity contribution in [1.82, 2.24) is 5.32 Å². The number of hydrogen-bond donors (Lipinski definition) is 1. The van der Waals surface area contributed by atoms with Crippen LogP contribution in [0.1, 0.15) is 43.7 Å². The molecule has 0 saturated heterocycles. The van der Waals surface area contributed by atoms with Gasteiger partial charge in [-0.2, -0.15) is 35.4 Å². The van der Waals surface area contributed by atoms with Crippen molar-refractivity contribution in [3.8, 4) is 0 Å². The van der Waals surface area contributed by atoms with Crippen molar-refractivity contribution in [2.24, 2.45) is 5.10 Å². The molecule has 1 radical (unpaired) electrons. The van der Waals surface area contributed by atoms with Gasteiger partial charge in [-0.25, -0.2) is 0 Å². The molecule has 1 fully saturated rings. The Bertz CT molecular complexity index is 869. The van der Waals surface area contributed by atoms with E-state index in [9.17, 15) is 4.79 Å². The van der Waals surface area contributed by atoms with E-state index in [1.807, 2.05) is 35.3 Å². The number of amides is 1. The normalized spacial score (nSPS) is 19.3. The molecule has 1 saturated carbocycles. The topological polar surface area (TPSA) is 44.7 Å². The molecule has 1 aliphatic carbocycles. The smallest absolute Gasteiger partial charge is 0.267 e. The first-order chi connectivity index (χ1) is 13.1. The van der Waals surface area contributed by atoms with E-state index in [2.05, 4.69) is 16.5 Å². The van der Waals surface area contributed by atoms with Crippen LogP contribution in [0.25, 0.3) is 0 Å². The third kappa shape index (κ3) is 4.79. The largest absolute Gasteiger partial charge is 0.348 e. The molecule has 1 heterocycles. The van der Waals surface area contributed by atoms with Gasteiger partial charge in [-0.05, 0) is 31.0 Å². The molecule has 2 aliphatic rings. The zero-order chi connectivity index (χ0) is 18.8. The summed E-state index contributed by atoms with van der Waals surface area (Å²) < 4.78 is 0. The van der Waals surface area contributed by atoms with E-state index < -0.39 is 0 Å². The van der Waals surface area contributed by atoms with Gasteiger partial charge in [-0.1, -0.05) is 36.0 Å². The Morgan fingerprint density at radius 1 is 1.14 bits per heavy atom. The molecule has 0 bridgehead atoms. The van der Waals surface area contributed by atoms with Crippen LogP contribution in [0.5, 0.6) is 0 Å². The number of halogens is 2. The van der Waals surface area contributed by atoms with E-state index in [1.54, 1.807) is 12.1 Å². The minimum Gasteiger partial charge on any atom is -0.348 e. The summed E-state index contributed by atoms with van der Waals surface area (Å²) in [4.78, 5) is 12.8. The summed E-state index contributed by atoms with van der Waals surface area (Å²) in [6.45, 7) is 0. The standard InChI is InChI=1S/C21H20Cl2N3O.Y/c22-15-10-11-19(17(23)12-15)26-20(14-6-2-1-3-7-14)13-18(25-26)21(27)24-16-8-4-5-9-16;/h2-3,6-7,10-12,16,20H,4-5,8-9,13H2,(H,24,27);/q-1;. The van der Waals surface area contributed by atoms with Crippen LogP contribution < -0.4 is 10.3 Å². The van der Waals surface area contributed by atoms with Crippen molar-refractivity contribution in [1.29, 1.82) is 0 Å². The van der Waals surface area contributed by atoms with Crippen LogP contribution in [0.15, 0.2) is 47.6 Å². The maximum Gasteiger partial charge on any atom is 0.267 e. The van der Waals surface area contributed by atoms with Crippen molar-refractivity contribution < 1.29 is 37.5 Å². The number of carbonyl (C=O) groups excluding carboxylic acids is 1. The molecule has 1 N–H and O–H groups in total. The number of anilines is 1. The van der Waals surface area contributed by atoms with E-state index in [0.717, 1.165) is 24.1 Å². The van der Waals surface area contributed by atoms with Crippen molar-refractivity contribution >= 4 is 40.5 Å². The maximum absolute atomic E-state index is 12.8. The molecule has 2 aromatic carbocycles. The molecule has 1 unspecified atom stereocenters.